The molecule has 0 saturated heterocycles. The van der Waals surface area contributed by atoms with Gasteiger partial charge in [-0.25, -0.2) is 4.98 Å². The molecule has 4 rings (SSSR count). The predicted octanol–water partition coefficient (Wildman–Crippen LogP) is 5.03. The molecule has 0 fully saturated rings. The topological polar surface area (TPSA) is 64.0 Å². The van der Waals surface area contributed by atoms with Gasteiger partial charge in [0.1, 0.15) is 11.2 Å². The fourth-order valence-electron chi connectivity index (χ4n) is 3.21. The number of amides is 1. The number of hydrogen-bond donors (Lipinski definition) is 1. The first kappa shape index (κ1) is 19.4. The number of aromatic nitrogens is 2. The number of thiophene rings is 1. The van der Waals surface area contributed by atoms with E-state index in [0.717, 1.165) is 21.6 Å². The number of carbonyl (C=O) groups is 1. The molecule has 0 radical (unpaired) electrons. The molecule has 0 aliphatic rings. The van der Waals surface area contributed by atoms with Gasteiger partial charge in [-0.2, -0.15) is 0 Å². The monoisotopic (exact) mass is 423 g/mol. The largest absolute Gasteiger partial charge is 0.323 e. The third kappa shape index (κ3) is 3.95. The van der Waals surface area contributed by atoms with Crippen molar-refractivity contribution >= 4 is 44.7 Å². The fourth-order valence-corrected chi connectivity index (χ4v) is 4.64. The molecule has 2 heterocycles. The molecule has 5 nitrogen and oxygen atoms in total. The van der Waals surface area contributed by atoms with Crippen molar-refractivity contribution < 1.29 is 4.79 Å². The van der Waals surface area contributed by atoms with Crippen LogP contribution in [0, 0.1) is 13.8 Å². The van der Waals surface area contributed by atoms with Crippen LogP contribution in [-0.4, -0.2) is 15.5 Å². The predicted molar refractivity (Wildman–Crippen MR) is 119 cm³/mol. The summed E-state index contributed by atoms with van der Waals surface area (Å²) in [6.07, 6.45) is 1.41. The summed E-state index contributed by atoms with van der Waals surface area (Å²) in [6.45, 7) is 3.69. The van der Waals surface area contributed by atoms with Gasteiger partial charge >= 0.3 is 0 Å². The second-order valence-corrected chi connectivity index (χ2v) is 8.31. The lowest BCUT2D eigenvalue weighted by Gasteiger charge is -2.12. The number of nitrogens with one attached hydrogen (secondary N) is 1. The molecule has 0 atom stereocenters. The summed E-state index contributed by atoms with van der Waals surface area (Å²) < 4.78 is 1.85. The zero-order valence-corrected chi connectivity index (χ0v) is 17.5. The van der Waals surface area contributed by atoms with Gasteiger partial charge in [0.25, 0.3) is 5.56 Å². The summed E-state index contributed by atoms with van der Waals surface area (Å²) >= 11 is 7.64. The van der Waals surface area contributed by atoms with E-state index >= 15 is 0 Å². The molecule has 29 heavy (non-hydrogen) atoms. The first-order chi connectivity index (χ1) is 13.9. The van der Waals surface area contributed by atoms with Crippen LogP contribution < -0.4 is 10.9 Å². The number of halogens is 1. The number of aryl methyl sites for hydroxylation is 2. The first-order valence-corrected chi connectivity index (χ1v) is 10.2. The molecule has 0 bridgehead atoms. The Morgan fingerprint density at radius 1 is 1.17 bits per heavy atom. The van der Waals surface area contributed by atoms with Crippen molar-refractivity contribution in [3.05, 3.63) is 81.4 Å². The lowest BCUT2D eigenvalue weighted by Crippen LogP contribution is -2.27. The van der Waals surface area contributed by atoms with E-state index in [0.29, 0.717) is 20.9 Å². The average Bonchev–Trinajstić information content (AvgIpc) is 3.13. The zero-order chi connectivity index (χ0) is 20.5. The Balaban J connectivity index is 1.61. The molecule has 2 aromatic carbocycles. The van der Waals surface area contributed by atoms with Gasteiger partial charge in [-0.1, -0.05) is 48.0 Å². The number of hydrogen-bond acceptors (Lipinski definition) is 4. The van der Waals surface area contributed by atoms with Crippen LogP contribution in [0.3, 0.4) is 0 Å². The quantitative estimate of drug-likeness (QED) is 0.500. The van der Waals surface area contributed by atoms with Crippen molar-refractivity contribution in [1.82, 2.24) is 9.55 Å². The number of nitrogens with zero attached hydrogens (tertiary/aromatic N) is 2. The normalized spacial score (nSPS) is 11.0. The van der Waals surface area contributed by atoms with Crippen molar-refractivity contribution in [1.29, 1.82) is 0 Å². The van der Waals surface area contributed by atoms with Gasteiger partial charge < -0.3 is 5.32 Å². The van der Waals surface area contributed by atoms with Crippen LogP contribution in [0.5, 0.6) is 0 Å². The molecule has 0 aliphatic carbocycles. The van der Waals surface area contributed by atoms with Gasteiger partial charge in [-0.05, 0) is 42.7 Å². The molecule has 0 unspecified atom stereocenters. The summed E-state index contributed by atoms with van der Waals surface area (Å²) in [5.74, 6) is -0.332. The Kier molecular flexibility index (Phi) is 5.22. The van der Waals surface area contributed by atoms with E-state index in [4.69, 9.17) is 11.6 Å². The van der Waals surface area contributed by atoms with E-state index in [9.17, 15) is 9.59 Å². The second-order valence-electron chi connectivity index (χ2n) is 6.86. The average molecular weight is 424 g/mol. The minimum absolute atomic E-state index is 0.135. The van der Waals surface area contributed by atoms with Crippen LogP contribution in [0.4, 0.5) is 5.69 Å². The van der Waals surface area contributed by atoms with Crippen LogP contribution >= 0.6 is 22.9 Å². The molecule has 1 N–H and O–H groups in total. The Morgan fingerprint density at radius 3 is 2.66 bits per heavy atom. The van der Waals surface area contributed by atoms with E-state index in [1.54, 1.807) is 6.07 Å². The molecule has 4 aromatic rings. The molecular formula is C22H18ClN3O2S. The Labute approximate surface area is 176 Å². The first-order valence-electron chi connectivity index (χ1n) is 9.03. The smallest absolute Gasteiger partial charge is 0.271 e. The van der Waals surface area contributed by atoms with Crippen LogP contribution in [0.2, 0.25) is 5.02 Å². The number of carbonyl (C=O) groups excluding carboxylic acids is 1. The van der Waals surface area contributed by atoms with Crippen LogP contribution in [-0.2, 0) is 11.3 Å². The molecule has 0 aliphatic heterocycles. The van der Waals surface area contributed by atoms with Gasteiger partial charge in [-0.15, -0.1) is 11.3 Å². The molecule has 0 saturated carbocycles. The van der Waals surface area contributed by atoms with E-state index in [-0.39, 0.29) is 18.0 Å². The van der Waals surface area contributed by atoms with E-state index in [2.05, 4.69) is 10.3 Å². The molecule has 7 heteroatoms. The van der Waals surface area contributed by atoms with Crippen LogP contribution in [0.15, 0.2) is 59.7 Å². The highest BCUT2D eigenvalue weighted by molar-refractivity contribution is 7.22. The van der Waals surface area contributed by atoms with Gasteiger partial charge in [0.15, 0.2) is 0 Å². The molecule has 1 amide bonds. The van der Waals surface area contributed by atoms with Crippen molar-refractivity contribution in [3.63, 3.8) is 0 Å². The van der Waals surface area contributed by atoms with Crippen molar-refractivity contribution in [2.75, 3.05) is 5.32 Å². The molecular weight excluding hydrogens is 406 g/mol. The SMILES string of the molecule is Cc1cc(C)c(NC(=O)Cn2cnc3cc(-c4ccccc4)sc3c2=O)c(Cl)c1. The Hall–Kier alpha value is -2.96. The molecule has 2 aromatic heterocycles. The third-order valence-electron chi connectivity index (χ3n) is 4.57. The highest BCUT2D eigenvalue weighted by Crippen LogP contribution is 2.30. The number of benzene rings is 2. The van der Waals surface area contributed by atoms with E-state index in [1.807, 2.05) is 56.3 Å². The summed E-state index contributed by atoms with van der Waals surface area (Å²) in [4.78, 5) is 30.7. The maximum Gasteiger partial charge on any atom is 0.271 e. The summed E-state index contributed by atoms with van der Waals surface area (Å²) in [5, 5.41) is 3.28. The summed E-state index contributed by atoms with van der Waals surface area (Å²) in [7, 11) is 0. The lowest BCUT2D eigenvalue weighted by atomic mass is 10.1. The Bertz CT molecular complexity index is 1260. The summed E-state index contributed by atoms with van der Waals surface area (Å²) in [5.41, 5.74) is 3.88. The van der Waals surface area contributed by atoms with Crippen molar-refractivity contribution in [2.45, 2.75) is 20.4 Å². The van der Waals surface area contributed by atoms with Gasteiger partial charge in [0, 0.05) is 4.88 Å². The van der Waals surface area contributed by atoms with E-state index < -0.39 is 0 Å². The minimum Gasteiger partial charge on any atom is -0.323 e. The Morgan fingerprint density at radius 2 is 1.93 bits per heavy atom. The van der Waals surface area contributed by atoms with Crippen molar-refractivity contribution in [3.8, 4) is 10.4 Å². The van der Waals surface area contributed by atoms with Crippen molar-refractivity contribution in [2.24, 2.45) is 0 Å². The highest BCUT2D eigenvalue weighted by Gasteiger charge is 2.14. The lowest BCUT2D eigenvalue weighted by molar-refractivity contribution is -0.116. The second kappa shape index (κ2) is 7.81. The maximum absolute atomic E-state index is 12.9. The van der Waals surface area contributed by atoms with Gasteiger partial charge in [0.2, 0.25) is 5.91 Å². The third-order valence-corrected chi connectivity index (χ3v) is 6.03. The van der Waals surface area contributed by atoms with Gasteiger partial charge in [0.05, 0.1) is 22.6 Å². The van der Waals surface area contributed by atoms with Crippen LogP contribution in [0.25, 0.3) is 20.7 Å². The maximum atomic E-state index is 12.9. The van der Waals surface area contributed by atoms with Gasteiger partial charge in [-0.3, -0.25) is 14.2 Å². The highest BCUT2D eigenvalue weighted by atomic mass is 35.5. The minimum atomic E-state index is -0.332. The zero-order valence-electron chi connectivity index (χ0n) is 15.9. The number of rotatable bonds is 4. The van der Waals surface area contributed by atoms with E-state index in [1.165, 1.54) is 22.2 Å². The fraction of sp³-hybridized carbons (Fsp3) is 0.136. The van der Waals surface area contributed by atoms with Crippen LogP contribution in [0.1, 0.15) is 11.1 Å². The number of anilines is 1. The standard InChI is InChI=1S/C22H18ClN3O2S/c1-13-8-14(2)20(16(23)9-13)25-19(27)11-26-12-24-17-10-18(29-21(17)22(26)28)15-6-4-3-5-7-15/h3-10,12H,11H2,1-2H3,(H,25,27). The molecule has 0 spiro atoms. The summed E-state index contributed by atoms with van der Waals surface area (Å²) in [6, 6.07) is 15.5. The number of fused-ring (bicyclic) bond motifs is 1. The molecule has 146 valence electrons.